The van der Waals surface area contributed by atoms with Gasteiger partial charge in [-0.2, -0.15) is 0 Å². The molecule has 1 aliphatic heterocycles. The number of carbonyl (C=O) groups is 1. The van der Waals surface area contributed by atoms with Gasteiger partial charge in [0.1, 0.15) is 17.1 Å². The Labute approximate surface area is 121 Å². The van der Waals surface area contributed by atoms with Crippen molar-refractivity contribution >= 4 is 17.3 Å². The number of phenolic OH excluding ortho intramolecular Hbond substituents is 1. The van der Waals surface area contributed by atoms with E-state index in [1.54, 1.807) is 6.07 Å². The Morgan fingerprint density at radius 2 is 2.14 bits per heavy atom. The molecule has 0 radical (unpaired) electrons. The summed E-state index contributed by atoms with van der Waals surface area (Å²) in [5.74, 6) is -1.63. The number of rotatable bonds is 1. The summed E-state index contributed by atoms with van der Waals surface area (Å²) in [5.41, 5.74) is 8.83. The van der Waals surface area contributed by atoms with Crippen LogP contribution in [0.25, 0.3) is 0 Å². The number of nitrogens with zero attached hydrogens (tertiary/aromatic N) is 1. The highest BCUT2D eigenvalue weighted by Gasteiger charge is 2.29. The summed E-state index contributed by atoms with van der Waals surface area (Å²) in [5, 5.41) is 9.76. The van der Waals surface area contributed by atoms with Crippen LogP contribution in [0, 0.1) is 12.7 Å². The molecule has 2 aromatic carbocycles. The van der Waals surface area contributed by atoms with Gasteiger partial charge in [0.05, 0.1) is 0 Å². The second-order valence-electron chi connectivity index (χ2n) is 5.18. The number of halogens is 1. The van der Waals surface area contributed by atoms with E-state index in [0.717, 1.165) is 17.2 Å². The fourth-order valence-electron chi connectivity index (χ4n) is 2.65. The van der Waals surface area contributed by atoms with Crippen LogP contribution in [0.4, 0.5) is 15.8 Å². The van der Waals surface area contributed by atoms with E-state index >= 15 is 0 Å². The number of aryl methyl sites for hydroxylation is 1. The van der Waals surface area contributed by atoms with Crippen LogP contribution in [0.2, 0.25) is 0 Å². The maximum atomic E-state index is 13.8. The lowest BCUT2D eigenvalue weighted by atomic mass is 10.1. The third-order valence-corrected chi connectivity index (χ3v) is 3.81. The normalized spacial score (nSPS) is 13.3. The van der Waals surface area contributed by atoms with E-state index in [0.29, 0.717) is 24.3 Å². The maximum absolute atomic E-state index is 13.8. The fraction of sp³-hybridized carbons (Fsp3) is 0.188. The SMILES string of the molecule is Cc1cc2c(cc1N)N(C(=O)c1c(O)cccc1F)CC2. The summed E-state index contributed by atoms with van der Waals surface area (Å²) in [6.45, 7) is 2.35. The molecule has 0 spiro atoms. The first kappa shape index (κ1) is 13.4. The van der Waals surface area contributed by atoms with Gasteiger partial charge in [-0.3, -0.25) is 4.79 Å². The first-order valence-electron chi connectivity index (χ1n) is 6.67. The van der Waals surface area contributed by atoms with Crippen LogP contribution in [-0.4, -0.2) is 17.6 Å². The molecule has 108 valence electrons. The third kappa shape index (κ3) is 2.11. The first-order valence-corrected chi connectivity index (χ1v) is 6.67. The quantitative estimate of drug-likeness (QED) is 0.792. The highest BCUT2D eigenvalue weighted by molar-refractivity contribution is 6.09. The average Bonchev–Trinajstić information content (AvgIpc) is 2.81. The number of benzene rings is 2. The summed E-state index contributed by atoms with van der Waals surface area (Å²) in [4.78, 5) is 14.0. The van der Waals surface area contributed by atoms with Crippen LogP contribution in [0.1, 0.15) is 21.5 Å². The first-order chi connectivity index (χ1) is 9.99. The summed E-state index contributed by atoms with van der Waals surface area (Å²) >= 11 is 0. The second-order valence-corrected chi connectivity index (χ2v) is 5.18. The predicted molar refractivity (Wildman–Crippen MR) is 79.0 cm³/mol. The lowest BCUT2D eigenvalue weighted by molar-refractivity contribution is 0.0982. The van der Waals surface area contributed by atoms with Crippen molar-refractivity contribution in [2.45, 2.75) is 13.3 Å². The summed E-state index contributed by atoms with van der Waals surface area (Å²) in [6.07, 6.45) is 0.692. The van der Waals surface area contributed by atoms with Gasteiger partial charge in [0.25, 0.3) is 5.91 Å². The number of hydrogen-bond acceptors (Lipinski definition) is 3. The van der Waals surface area contributed by atoms with Gasteiger partial charge < -0.3 is 15.7 Å². The lowest BCUT2D eigenvalue weighted by Crippen LogP contribution is -2.29. The van der Waals surface area contributed by atoms with Gasteiger partial charge in [-0.15, -0.1) is 0 Å². The molecule has 0 unspecified atom stereocenters. The molecule has 0 fully saturated rings. The van der Waals surface area contributed by atoms with E-state index < -0.39 is 11.7 Å². The van der Waals surface area contributed by atoms with Crippen molar-refractivity contribution < 1.29 is 14.3 Å². The fourth-order valence-corrected chi connectivity index (χ4v) is 2.65. The lowest BCUT2D eigenvalue weighted by Gasteiger charge is -2.19. The third-order valence-electron chi connectivity index (χ3n) is 3.81. The standard InChI is InChI=1S/C16H15FN2O2/c1-9-7-10-5-6-19(13(10)8-12(9)18)16(21)15-11(17)3-2-4-14(15)20/h2-4,7-8,20H,5-6,18H2,1H3. The number of carbonyl (C=O) groups excluding carboxylic acids is 1. The van der Waals surface area contributed by atoms with Crippen molar-refractivity contribution in [1.82, 2.24) is 0 Å². The van der Waals surface area contributed by atoms with Crippen LogP contribution in [0.3, 0.4) is 0 Å². The van der Waals surface area contributed by atoms with Gasteiger partial charge in [-0.1, -0.05) is 12.1 Å². The van der Waals surface area contributed by atoms with Gasteiger partial charge in [0, 0.05) is 17.9 Å². The van der Waals surface area contributed by atoms with Crippen molar-refractivity contribution in [2.75, 3.05) is 17.2 Å². The average molecular weight is 286 g/mol. The molecular weight excluding hydrogens is 271 g/mol. The van der Waals surface area contributed by atoms with E-state index in [1.165, 1.54) is 17.0 Å². The number of nitrogen functional groups attached to an aromatic ring is 1. The Balaban J connectivity index is 2.05. The molecule has 3 rings (SSSR count). The molecule has 0 saturated heterocycles. The molecule has 5 heteroatoms. The predicted octanol–water partition coefficient (Wildman–Crippen LogP) is 2.62. The summed E-state index contributed by atoms with van der Waals surface area (Å²) in [6, 6.07) is 7.50. The molecule has 0 bridgehead atoms. The van der Waals surface area contributed by atoms with Crippen LogP contribution < -0.4 is 10.6 Å². The molecule has 0 saturated carbocycles. The molecule has 21 heavy (non-hydrogen) atoms. The molecule has 1 aliphatic rings. The zero-order chi connectivity index (χ0) is 15.1. The molecule has 3 N–H and O–H groups in total. The minimum atomic E-state index is -0.728. The number of nitrogens with two attached hydrogens (primary N) is 1. The van der Waals surface area contributed by atoms with E-state index in [4.69, 9.17) is 5.73 Å². The minimum Gasteiger partial charge on any atom is -0.507 e. The number of phenols is 1. The van der Waals surface area contributed by atoms with Crippen molar-refractivity contribution in [3.05, 3.63) is 52.8 Å². The Bertz CT molecular complexity index is 723. The molecule has 1 amide bonds. The summed E-state index contributed by atoms with van der Waals surface area (Å²) in [7, 11) is 0. The topological polar surface area (TPSA) is 66.6 Å². The van der Waals surface area contributed by atoms with Gasteiger partial charge >= 0.3 is 0 Å². The van der Waals surface area contributed by atoms with E-state index in [-0.39, 0.29) is 11.3 Å². The number of fused-ring (bicyclic) bond motifs is 1. The van der Waals surface area contributed by atoms with E-state index in [9.17, 15) is 14.3 Å². The molecular formula is C16H15FN2O2. The minimum absolute atomic E-state index is 0.301. The largest absolute Gasteiger partial charge is 0.507 e. The highest BCUT2D eigenvalue weighted by Crippen LogP contribution is 2.34. The molecule has 0 aromatic heterocycles. The van der Waals surface area contributed by atoms with E-state index in [1.807, 2.05) is 13.0 Å². The zero-order valence-electron chi connectivity index (χ0n) is 11.6. The number of aromatic hydroxyl groups is 1. The number of amides is 1. The van der Waals surface area contributed by atoms with Crippen LogP contribution >= 0.6 is 0 Å². The maximum Gasteiger partial charge on any atom is 0.265 e. The van der Waals surface area contributed by atoms with Gasteiger partial charge in [0.15, 0.2) is 0 Å². The molecule has 4 nitrogen and oxygen atoms in total. The Kier molecular flexibility index (Phi) is 3.05. The smallest absolute Gasteiger partial charge is 0.265 e. The molecule has 0 atom stereocenters. The summed E-state index contributed by atoms with van der Waals surface area (Å²) < 4.78 is 13.8. The monoisotopic (exact) mass is 286 g/mol. The van der Waals surface area contributed by atoms with Crippen LogP contribution in [0.5, 0.6) is 5.75 Å². The van der Waals surface area contributed by atoms with Crippen LogP contribution in [0.15, 0.2) is 30.3 Å². The van der Waals surface area contributed by atoms with Crippen molar-refractivity contribution in [3.63, 3.8) is 0 Å². The molecule has 0 aliphatic carbocycles. The van der Waals surface area contributed by atoms with Gasteiger partial charge in [-0.05, 0) is 42.7 Å². The Hall–Kier alpha value is -2.56. The Morgan fingerprint density at radius 3 is 2.86 bits per heavy atom. The van der Waals surface area contributed by atoms with Crippen molar-refractivity contribution in [1.29, 1.82) is 0 Å². The molecule has 1 heterocycles. The second kappa shape index (κ2) is 4.77. The van der Waals surface area contributed by atoms with Gasteiger partial charge in [-0.25, -0.2) is 4.39 Å². The number of hydrogen-bond donors (Lipinski definition) is 2. The van der Waals surface area contributed by atoms with Crippen LogP contribution in [-0.2, 0) is 6.42 Å². The van der Waals surface area contributed by atoms with E-state index in [2.05, 4.69) is 0 Å². The number of anilines is 2. The zero-order valence-corrected chi connectivity index (χ0v) is 11.6. The van der Waals surface area contributed by atoms with Crippen molar-refractivity contribution in [2.24, 2.45) is 0 Å². The van der Waals surface area contributed by atoms with Gasteiger partial charge in [0.2, 0.25) is 0 Å². The van der Waals surface area contributed by atoms with Crippen molar-refractivity contribution in [3.8, 4) is 5.75 Å². The highest BCUT2D eigenvalue weighted by atomic mass is 19.1. The Morgan fingerprint density at radius 1 is 1.38 bits per heavy atom. The molecule has 2 aromatic rings.